The van der Waals surface area contributed by atoms with Crippen molar-refractivity contribution in [3.05, 3.63) is 23.3 Å². The topological polar surface area (TPSA) is 29.5 Å². The summed E-state index contributed by atoms with van der Waals surface area (Å²) >= 11 is 0. The highest BCUT2D eigenvalue weighted by Gasteiger charge is 2.28. The molecule has 0 fully saturated rings. The Bertz CT molecular complexity index is 506. The predicted molar refractivity (Wildman–Crippen MR) is 84.5 cm³/mol. The average molecular weight is 406 g/mol. The van der Waals surface area contributed by atoms with E-state index in [2.05, 4.69) is 41.1 Å². The van der Waals surface area contributed by atoms with E-state index in [1.165, 1.54) is 10.5 Å². The summed E-state index contributed by atoms with van der Waals surface area (Å²) in [7, 11) is 9.65. The summed E-state index contributed by atoms with van der Waals surface area (Å²) in [5.74, 6) is 1.06. The number of carbonyl (C=O) groups excluding carboxylic acids is 1. The molecule has 0 spiro atoms. The number of carbonyl (C=O) groups is 1. The van der Waals surface area contributed by atoms with Crippen molar-refractivity contribution >= 4 is 11.8 Å². The third-order valence-electron chi connectivity index (χ3n) is 3.21. The molecule has 0 saturated carbocycles. The van der Waals surface area contributed by atoms with E-state index in [4.69, 9.17) is 4.74 Å². The minimum atomic E-state index is -0.344. The van der Waals surface area contributed by atoms with Gasteiger partial charge in [0.1, 0.15) is 0 Å². The molecule has 1 aromatic carbocycles. The maximum Gasteiger partial charge on any atom is 0.414 e. The van der Waals surface area contributed by atoms with Crippen molar-refractivity contribution in [3.8, 4) is 5.75 Å². The summed E-state index contributed by atoms with van der Waals surface area (Å²) in [5.41, 5.74) is 3.26. The van der Waals surface area contributed by atoms with Gasteiger partial charge in [0.2, 0.25) is 0 Å². The lowest BCUT2D eigenvalue weighted by Gasteiger charge is -2.30. The first-order chi connectivity index (χ1) is 9.05. The number of hydrogen-bond acceptors (Lipinski definition) is 2. The van der Waals surface area contributed by atoms with Gasteiger partial charge in [0.05, 0.1) is 21.1 Å². The molecular formula is C16H27IN2O2. The number of quaternary nitrogens is 1. The molecule has 1 aromatic rings. The van der Waals surface area contributed by atoms with Crippen LogP contribution in [0.5, 0.6) is 5.75 Å². The Morgan fingerprint density at radius 2 is 1.71 bits per heavy atom. The van der Waals surface area contributed by atoms with E-state index in [9.17, 15) is 4.79 Å². The van der Waals surface area contributed by atoms with Crippen LogP contribution < -0.4 is 33.2 Å². The molecule has 0 heterocycles. The highest BCUT2D eigenvalue weighted by Crippen LogP contribution is 2.40. The van der Waals surface area contributed by atoms with Gasteiger partial charge in [-0.3, -0.25) is 4.48 Å². The summed E-state index contributed by atoms with van der Waals surface area (Å²) in [6.07, 6.45) is -0.344. The Morgan fingerprint density at radius 1 is 1.19 bits per heavy atom. The molecule has 0 radical (unpaired) electrons. The zero-order valence-corrected chi connectivity index (χ0v) is 16.5. The van der Waals surface area contributed by atoms with Crippen molar-refractivity contribution in [3.63, 3.8) is 0 Å². The fourth-order valence-corrected chi connectivity index (χ4v) is 2.15. The molecule has 0 saturated heterocycles. The fraction of sp³-hybridized carbons (Fsp3) is 0.562. The maximum atomic E-state index is 11.9. The Kier molecular flexibility index (Phi) is 7.15. The molecule has 0 bridgehead atoms. The molecule has 1 amide bonds. The third kappa shape index (κ3) is 4.85. The first kappa shape index (κ1) is 20.2. The molecule has 0 aliphatic carbocycles. The van der Waals surface area contributed by atoms with Crippen LogP contribution in [0.2, 0.25) is 0 Å². The van der Waals surface area contributed by atoms with Crippen LogP contribution in [0, 0.1) is 6.92 Å². The number of rotatable bonds is 3. The van der Waals surface area contributed by atoms with Gasteiger partial charge in [0.15, 0.2) is 11.4 Å². The number of halogens is 1. The second-order valence-electron chi connectivity index (χ2n) is 6.58. The van der Waals surface area contributed by atoms with Crippen LogP contribution >= 0.6 is 0 Å². The zero-order chi connectivity index (χ0) is 15.7. The summed E-state index contributed by atoms with van der Waals surface area (Å²) in [4.78, 5) is 13.4. The van der Waals surface area contributed by atoms with E-state index in [0.717, 1.165) is 11.3 Å². The summed E-state index contributed by atoms with van der Waals surface area (Å²) in [5, 5.41) is 0. The SMILES string of the molecule is Cc1ccc(C(C)C)c([N+](C)(C)C)c1OC(=O)N(C)C.[I-]. The van der Waals surface area contributed by atoms with Crippen molar-refractivity contribution in [1.29, 1.82) is 0 Å². The van der Waals surface area contributed by atoms with Crippen molar-refractivity contribution in [2.75, 3.05) is 35.2 Å². The first-order valence-electron chi connectivity index (χ1n) is 6.90. The Morgan fingerprint density at radius 3 is 2.10 bits per heavy atom. The second kappa shape index (κ2) is 7.45. The van der Waals surface area contributed by atoms with Gasteiger partial charge in [-0.2, -0.15) is 0 Å². The smallest absolute Gasteiger partial charge is 0.414 e. The zero-order valence-electron chi connectivity index (χ0n) is 14.3. The van der Waals surface area contributed by atoms with Crippen LogP contribution in [0.4, 0.5) is 10.5 Å². The van der Waals surface area contributed by atoms with Gasteiger partial charge in [-0.25, -0.2) is 4.79 Å². The second-order valence-corrected chi connectivity index (χ2v) is 6.58. The van der Waals surface area contributed by atoms with E-state index in [-0.39, 0.29) is 30.1 Å². The lowest BCUT2D eigenvalue weighted by atomic mass is 9.97. The van der Waals surface area contributed by atoms with Gasteiger partial charge in [0.25, 0.3) is 0 Å². The lowest BCUT2D eigenvalue weighted by Crippen LogP contribution is -3.00. The van der Waals surface area contributed by atoms with Crippen molar-refractivity contribution < 1.29 is 33.5 Å². The van der Waals surface area contributed by atoms with Gasteiger partial charge < -0.3 is 33.6 Å². The molecule has 0 N–H and O–H groups in total. The monoisotopic (exact) mass is 406 g/mol. The number of hydrogen-bond donors (Lipinski definition) is 0. The van der Waals surface area contributed by atoms with E-state index in [1.807, 2.05) is 13.0 Å². The average Bonchev–Trinajstić information content (AvgIpc) is 2.29. The highest BCUT2D eigenvalue weighted by atomic mass is 127. The van der Waals surface area contributed by atoms with Crippen LogP contribution in [0.3, 0.4) is 0 Å². The molecule has 4 nitrogen and oxygen atoms in total. The Hall–Kier alpha value is -0.820. The molecule has 5 heteroatoms. The standard InChI is InChI=1S/C16H27N2O2.HI/c1-11(2)13-10-9-12(3)15(14(13)18(6,7)8)20-16(19)17(4)5;/h9-11H,1-8H3;1H/q+1;/p-1. The number of benzene rings is 1. The number of nitrogens with zero attached hydrogens (tertiary/aromatic N) is 2. The highest BCUT2D eigenvalue weighted by molar-refractivity contribution is 5.75. The molecule has 120 valence electrons. The van der Waals surface area contributed by atoms with Gasteiger partial charge in [0, 0.05) is 19.7 Å². The largest absolute Gasteiger partial charge is 1.00 e. The van der Waals surface area contributed by atoms with Crippen LogP contribution in [-0.4, -0.2) is 46.2 Å². The molecule has 1 rings (SSSR count). The quantitative estimate of drug-likeness (QED) is 0.537. The number of ether oxygens (including phenoxy) is 1. The van der Waals surface area contributed by atoms with E-state index in [1.54, 1.807) is 14.1 Å². The number of aryl methyl sites for hydroxylation is 1. The van der Waals surface area contributed by atoms with Crippen LogP contribution in [0.15, 0.2) is 12.1 Å². The molecule has 21 heavy (non-hydrogen) atoms. The van der Waals surface area contributed by atoms with Crippen molar-refractivity contribution in [2.45, 2.75) is 26.7 Å². The van der Waals surface area contributed by atoms with E-state index < -0.39 is 0 Å². The first-order valence-corrected chi connectivity index (χ1v) is 6.90. The normalized spacial score (nSPS) is 11.1. The van der Waals surface area contributed by atoms with Gasteiger partial charge >= 0.3 is 6.09 Å². The van der Waals surface area contributed by atoms with Gasteiger partial charge in [-0.05, 0) is 18.4 Å². The van der Waals surface area contributed by atoms with Crippen molar-refractivity contribution in [2.24, 2.45) is 0 Å². The molecule has 0 unspecified atom stereocenters. The van der Waals surface area contributed by atoms with Crippen LogP contribution in [0.25, 0.3) is 0 Å². The lowest BCUT2D eigenvalue weighted by molar-refractivity contribution is -0.00000975. The predicted octanol–water partition coefficient (Wildman–Crippen LogP) is 0.380. The fourth-order valence-electron chi connectivity index (χ4n) is 2.15. The molecule has 0 atom stereocenters. The summed E-state index contributed by atoms with van der Waals surface area (Å²) in [6.45, 7) is 6.28. The van der Waals surface area contributed by atoms with E-state index >= 15 is 0 Å². The summed E-state index contributed by atoms with van der Waals surface area (Å²) in [6, 6.07) is 4.15. The van der Waals surface area contributed by atoms with Gasteiger partial charge in [-0.15, -0.1) is 0 Å². The third-order valence-corrected chi connectivity index (χ3v) is 3.21. The molecule has 0 aromatic heterocycles. The summed E-state index contributed by atoms with van der Waals surface area (Å²) < 4.78 is 6.24. The molecule has 0 aliphatic rings. The van der Waals surface area contributed by atoms with E-state index in [0.29, 0.717) is 16.2 Å². The van der Waals surface area contributed by atoms with Gasteiger partial charge in [-0.1, -0.05) is 26.0 Å². The Labute approximate surface area is 145 Å². The van der Waals surface area contributed by atoms with Crippen molar-refractivity contribution in [1.82, 2.24) is 9.38 Å². The minimum Gasteiger partial charge on any atom is -1.00 e. The Balaban J connectivity index is 0.00000400. The minimum absolute atomic E-state index is 0. The number of amides is 1. The maximum absolute atomic E-state index is 11.9. The molecular weight excluding hydrogens is 379 g/mol. The molecule has 0 aliphatic heterocycles. The van der Waals surface area contributed by atoms with Crippen LogP contribution in [0.1, 0.15) is 30.9 Å². The van der Waals surface area contributed by atoms with Crippen LogP contribution in [-0.2, 0) is 0 Å².